The van der Waals surface area contributed by atoms with E-state index < -0.39 is 10.5 Å². The predicted molar refractivity (Wildman–Crippen MR) is 45.1 cm³/mol. The van der Waals surface area contributed by atoms with Crippen molar-refractivity contribution in [2.75, 3.05) is 13.2 Å². The van der Waals surface area contributed by atoms with Gasteiger partial charge in [0.1, 0.15) is 0 Å². The minimum atomic E-state index is -0.529. The van der Waals surface area contributed by atoms with Crippen molar-refractivity contribution < 1.29 is 19.8 Å². The highest BCUT2D eigenvalue weighted by Crippen LogP contribution is 1.97. The van der Waals surface area contributed by atoms with Crippen LogP contribution in [0.3, 0.4) is 0 Å². The second kappa shape index (κ2) is 10.8. The minimum Gasteiger partial charge on any atom is -0.394 e. The second-order valence-corrected chi connectivity index (χ2v) is 2.50. The van der Waals surface area contributed by atoms with Gasteiger partial charge in [-0.2, -0.15) is 0 Å². The van der Waals surface area contributed by atoms with Gasteiger partial charge in [-0.1, -0.05) is 0 Å². The average molecular weight is 217 g/mol. The molecule has 0 bridgehead atoms. The molecule has 0 unspecified atom stereocenters. The first-order valence-electron chi connectivity index (χ1n) is 3.13. The number of aliphatic hydroxyl groups is 2. The number of rotatable bonds is 4. The van der Waals surface area contributed by atoms with Crippen LogP contribution in [0, 0.1) is 0 Å². The first-order chi connectivity index (χ1) is 5.54. The first kappa shape index (κ1) is 14.4. The van der Waals surface area contributed by atoms with Crippen LogP contribution in [0.1, 0.15) is 12.8 Å². The Morgan fingerprint density at radius 3 is 1.25 bits per heavy atom. The third-order valence-corrected chi connectivity index (χ3v) is 0.996. The summed E-state index contributed by atoms with van der Waals surface area (Å²) in [6.45, 7) is -0.250. The van der Waals surface area contributed by atoms with E-state index in [1.807, 2.05) is 0 Å². The Hall–Kier alpha value is -0.160. The summed E-state index contributed by atoms with van der Waals surface area (Å²) in [6.07, 6.45) is 0.0633. The van der Waals surface area contributed by atoms with E-state index in [-0.39, 0.29) is 26.1 Å². The molecule has 0 aromatic rings. The van der Waals surface area contributed by atoms with Crippen LogP contribution in [0.2, 0.25) is 0 Å². The van der Waals surface area contributed by atoms with Crippen molar-refractivity contribution in [2.24, 2.45) is 0 Å². The van der Waals surface area contributed by atoms with Gasteiger partial charge in [0.25, 0.3) is 0 Å². The van der Waals surface area contributed by atoms with Crippen LogP contribution in [0.5, 0.6) is 0 Å². The van der Waals surface area contributed by atoms with Crippen molar-refractivity contribution in [3.05, 3.63) is 0 Å². The molecule has 4 nitrogen and oxygen atoms in total. The van der Waals surface area contributed by atoms with E-state index in [0.29, 0.717) is 0 Å². The minimum absolute atomic E-state index is 0.0316. The molecule has 0 amide bonds. The van der Waals surface area contributed by atoms with Gasteiger partial charge in [0, 0.05) is 12.8 Å². The van der Waals surface area contributed by atoms with Gasteiger partial charge in [0.2, 0.25) is 10.5 Å². The zero-order valence-corrected chi connectivity index (χ0v) is 7.81. The summed E-state index contributed by atoms with van der Waals surface area (Å²) in [5.41, 5.74) is 0. The van der Waals surface area contributed by atoms with E-state index in [1.54, 1.807) is 0 Å². The Labute approximate surface area is 80.1 Å². The summed E-state index contributed by atoms with van der Waals surface area (Å²) >= 11 is 9.74. The largest absolute Gasteiger partial charge is 0.394 e. The Morgan fingerprint density at radius 2 is 1.17 bits per heavy atom. The summed E-state index contributed by atoms with van der Waals surface area (Å²) in [5.74, 6) is 0. The van der Waals surface area contributed by atoms with Crippen LogP contribution in [-0.4, -0.2) is 33.9 Å². The molecule has 72 valence electrons. The molecule has 0 saturated heterocycles. The summed E-state index contributed by atoms with van der Waals surface area (Å²) < 4.78 is 0. The predicted octanol–water partition coefficient (Wildman–Crippen LogP) is 0.268. The number of carbonyl (C=O) groups excluding carboxylic acids is 2. The van der Waals surface area contributed by atoms with Crippen LogP contribution in [0.25, 0.3) is 0 Å². The lowest BCUT2D eigenvalue weighted by Gasteiger charge is -1.83. The molecule has 0 atom stereocenters. The van der Waals surface area contributed by atoms with Gasteiger partial charge in [0.05, 0.1) is 13.2 Å². The quantitative estimate of drug-likeness (QED) is 0.662. The maximum absolute atomic E-state index is 9.90. The highest BCUT2D eigenvalue weighted by molar-refractivity contribution is 6.65. The molecule has 0 aliphatic carbocycles. The van der Waals surface area contributed by atoms with Gasteiger partial charge in [-0.05, 0) is 23.2 Å². The average Bonchev–Trinajstić information content (AvgIpc) is 2.01. The Bertz CT molecular complexity index is 122. The topological polar surface area (TPSA) is 74.6 Å². The summed E-state index contributed by atoms with van der Waals surface area (Å²) in [7, 11) is 0. The Kier molecular flexibility index (Phi) is 13.0. The maximum Gasteiger partial charge on any atom is 0.222 e. The van der Waals surface area contributed by atoms with E-state index in [9.17, 15) is 9.59 Å². The highest BCUT2D eigenvalue weighted by Gasteiger charge is 1.99. The Balaban J connectivity index is 0. The van der Waals surface area contributed by atoms with E-state index >= 15 is 0 Å². The zero-order chi connectivity index (χ0) is 9.98. The molecule has 0 aliphatic rings. The van der Waals surface area contributed by atoms with Gasteiger partial charge < -0.3 is 10.2 Å². The van der Waals surface area contributed by atoms with Gasteiger partial charge in [0.15, 0.2) is 0 Å². The zero-order valence-electron chi connectivity index (χ0n) is 6.30. The van der Waals surface area contributed by atoms with E-state index in [0.717, 1.165) is 0 Å². The third-order valence-electron chi connectivity index (χ3n) is 0.618. The normalized spacial score (nSPS) is 8.33. The molecule has 6 heteroatoms. The monoisotopic (exact) mass is 216 g/mol. The van der Waals surface area contributed by atoms with Crippen molar-refractivity contribution in [3.8, 4) is 0 Å². The molecule has 0 spiro atoms. The third kappa shape index (κ3) is 22.5. The summed E-state index contributed by atoms with van der Waals surface area (Å²) in [4.78, 5) is 19.8. The highest BCUT2D eigenvalue weighted by atomic mass is 35.5. The SMILES string of the molecule is O=C(Cl)CCC(=O)Cl.OCCO. The van der Waals surface area contributed by atoms with Crippen molar-refractivity contribution in [2.45, 2.75) is 12.8 Å². The second-order valence-electron chi connectivity index (χ2n) is 1.66. The van der Waals surface area contributed by atoms with E-state index in [4.69, 9.17) is 33.4 Å². The standard InChI is InChI=1S/C4H4Cl2O2.C2H6O2/c5-3(7)1-2-4(6)8;3-1-2-4/h1-2H2;3-4H,1-2H2. The molecule has 0 aromatic carbocycles. The van der Waals surface area contributed by atoms with Gasteiger partial charge >= 0.3 is 0 Å². The lowest BCUT2D eigenvalue weighted by molar-refractivity contribution is -0.116. The molecule has 0 saturated carbocycles. The van der Waals surface area contributed by atoms with Crippen LogP contribution >= 0.6 is 23.2 Å². The fraction of sp³-hybridized carbons (Fsp3) is 0.667. The van der Waals surface area contributed by atoms with Gasteiger partial charge in [-0.25, -0.2) is 0 Å². The summed E-state index contributed by atoms with van der Waals surface area (Å²) in [6, 6.07) is 0. The fourth-order valence-corrected chi connectivity index (χ4v) is 0.386. The van der Waals surface area contributed by atoms with Crippen LogP contribution < -0.4 is 0 Å². The molecule has 0 aliphatic heterocycles. The van der Waals surface area contributed by atoms with Crippen LogP contribution in [-0.2, 0) is 9.59 Å². The lowest BCUT2D eigenvalue weighted by Crippen LogP contribution is -1.90. The van der Waals surface area contributed by atoms with E-state index in [1.165, 1.54) is 0 Å². The smallest absolute Gasteiger partial charge is 0.222 e. The molecule has 0 heterocycles. The number of carbonyl (C=O) groups is 2. The number of aliphatic hydroxyl groups excluding tert-OH is 2. The molecule has 0 aromatic heterocycles. The molecule has 2 N–H and O–H groups in total. The Morgan fingerprint density at radius 1 is 0.917 bits per heavy atom. The molecule has 12 heavy (non-hydrogen) atoms. The maximum atomic E-state index is 9.90. The van der Waals surface area contributed by atoms with Gasteiger partial charge in [-0.15, -0.1) is 0 Å². The fourth-order valence-electron chi connectivity index (χ4n) is 0.197. The van der Waals surface area contributed by atoms with E-state index in [2.05, 4.69) is 0 Å². The van der Waals surface area contributed by atoms with Crippen molar-refractivity contribution in [1.82, 2.24) is 0 Å². The number of hydrogen-bond acceptors (Lipinski definition) is 4. The molecule has 0 radical (unpaired) electrons. The number of halogens is 2. The van der Waals surface area contributed by atoms with Crippen LogP contribution in [0.15, 0.2) is 0 Å². The molecule has 0 fully saturated rings. The van der Waals surface area contributed by atoms with Crippen molar-refractivity contribution >= 4 is 33.7 Å². The lowest BCUT2D eigenvalue weighted by atomic mass is 10.4. The molecular weight excluding hydrogens is 207 g/mol. The van der Waals surface area contributed by atoms with Crippen LogP contribution in [0.4, 0.5) is 0 Å². The summed E-state index contributed by atoms with van der Waals surface area (Å²) in [5, 5.41) is 14.2. The number of hydrogen-bond donors (Lipinski definition) is 2. The molecular formula is C6H10Cl2O4. The van der Waals surface area contributed by atoms with Crippen molar-refractivity contribution in [1.29, 1.82) is 0 Å². The van der Waals surface area contributed by atoms with Crippen molar-refractivity contribution in [3.63, 3.8) is 0 Å². The van der Waals surface area contributed by atoms with Gasteiger partial charge in [-0.3, -0.25) is 9.59 Å². The first-order valence-corrected chi connectivity index (χ1v) is 3.88. The molecule has 0 rings (SSSR count).